The van der Waals surface area contributed by atoms with Crippen LogP contribution in [0.1, 0.15) is 16.0 Å². The molecule has 0 aliphatic carbocycles. The van der Waals surface area contributed by atoms with Gasteiger partial charge in [0.05, 0.1) is 12.1 Å². The topological polar surface area (TPSA) is 30.5 Å². The van der Waals surface area contributed by atoms with Crippen LogP contribution in [0.5, 0.6) is 11.5 Å². The Bertz CT molecular complexity index is 885. The molecular weight excluding hydrogens is 453 g/mol. The fourth-order valence-electron chi connectivity index (χ4n) is 2.60. The molecule has 0 amide bonds. The summed E-state index contributed by atoms with van der Waals surface area (Å²) in [5, 5.41) is 5.78. The van der Waals surface area contributed by atoms with Gasteiger partial charge in [-0.15, -0.1) is 11.3 Å². The Kier molecular flexibility index (Phi) is 7.13. The quantitative estimate of drug-likeness (QED) is 0.426. The molecule has 1 aromatic heterocycles. The lowest BCUT2D eigenvalue weighted by Gasteiger charge is -2.17. The lowest BCUT2D eigenvalue weighted by atomic mass is 10.1. The molecule has 0 spiro atoms. The minimum absolute atomic E-state index is 0.0102. The van der Waals surface area contributed by atoms with Gasteiger partial charge in [0.25, 0.3) is 0 Å². The molecule has 0 unspecified atom stereocenters. The molecule has 0 bridgehead atoms. The average Bonchev–Trinajstić information content (AvgIpc) is 3.17. The van der Waals surface area contributed by atoms with Crippen molar-refractivity contribution < 1.29 is 13.9 Å². The SMILES string of the molecule is COc1ccc(Br)c(CNCc2cccs2)c1OCc1c(F)cccc1Cl. The summed E-state index contributed by atoms with van der Waals surface area (Å²) in [6.45, 7) is 1.33. The molecule has 0 saturated carbocycles. The highest BCUT2D eigenvalue weighted by Crippen LogP contribution is 2.37. The summed E-state index contributed by atoms with van der Waals surface area (Å²) < 4.78 is 26.3. The van der Waals surface area contributed by atoms with E-state index in [1.54, 1.807) is 30.6 Å². The van der Waals surface area contributed by atoms with Crippen LogP contribution in [-0.4, -0.2) is 7.11 Å². The van der Waals surface area contributed by atoms with E-state index in [2.05, 4.69) is 27.3 Å². The first-order valence-electron chi connectivity index (χ1n) is 8.24. The fraction of sp³-hybridized carbons (Fsp3) is 0.200. The van der Waals surface area contributed by atoms with Gasteiger partial charge in [0.2, 0.25) is 0 Å². The maximum atomic E-state index is 14.1. The minimum Gasteiger partial charge on any atom is -0.493 e. The summed E-state index contributed by atoms with van der Waals surface area (Å²) in [5.41, 5.74) is 1.22. The van der Waals surface area contributed by atoms with Crippen molar-refractivity contribution in [2.45, 2.75) is 19.7 Å². The number of thiophene rings is 1. The molecule has 142 valence electrons. The molecule has 0 atom stereocenters. The smallest absolute Gasteiger partial charge is 0.167 e. The summed E-state index contributed by atoms with van der Waals surface area (Å²) in [5.74, 6) is 0.747. The fourth-order valence-corrected chi connectivity index (χ4v) is 3.95. The predicted molar refractivity (Wildman–Crippen MR) is 111 cm³/mol. The van der Waals surface area contributed by atoms with Crippen LogP contribution in [0.15, 0.2) is 52.3 Å². The number of halogens is 3. The zero-order valence-corrected chi connectivity index (χ0v) is 17.8. The monoisotopic (exact) mass is 469 g/mol. The second-order valence-corrected chi connectivity index (χ2v) is 8.02. The third-order valence-electron chi connectivity index (χ3n) is 3.99. The van der Waals surface area contributed by atoms with Gasteiger partial charge >= 0.3 is 0 Å². The number of hydrogen-bond acceptors (Lipinski definition) is 4. The van der Waals surface area contributed by atoms with Gasteiger partial charge in [0.1, 0.15) is 12.4 Å². The van der Waals surface area contributed by atoms with E-state index in [0.717, 1.165) is 16.6 Å². The molecule has 3 rings (SSSR count). The maximum absolute atomic E-state index is 14.1. The van der Waals surface area contributed by atoms with Gasteiger partial charge in [-0.2, -0.15) is 0 Å². The van der Waals surface area contributed by atoms with Gasteiger partial charge in [-0.05, 0) is 35.7 Å². The summed E-state index contributed by atoms with van der Waals surface area (Å²) in [6, 6.07) is 12.4. The Morgan fingerprint density at radius 1 is 1.11 bits per heavy atom. The van der Waals surface area contributed by atoms with Gasteiger partial charge < -0.3 is 14.8 Å². The van der Waals surface area contributed by atoms with Gasteiger partial charge in [0, 0.05) is 33.6 Å². The van der Waals surface area contributed by atoms with Crippen molar-refractivity contribution in [3.8, 4) is 11.5 Å². The number of hydrogen-bond donors (Lipinski definition) is 1. The highest BCUT2D eigenvalue weighted by atomic mass is 79.9. The van der Waals surface area contributed by atoms with E-state index in [1.807, 2.05) is 23.6 Å². The van der Waals surface area contributed by atoms with Crippen LogP contribution < -0.4 is 14.8 Å². The van der Waals surface area contributed by atoms with Crippen LogP contribution >= 0.6 is 38.9 Å². The lowest BCUT2D eigenvalue weighted by Crippen LogP contribution is -2.14. The number of methoxy groups -OCH3 is 1. The van der Waals surface area contributed by atoms with Crippen LogP contribution in [0.4, 0.5) is 4.39 Å². The van der Waals surface area contributed by atoms with Gasteiger partial charge in [-0.1, -0.05) is 39.7 Å². The Hall–Kier alpha value is -1.60. The first kappa shape index (κ1) is 20.1. The van der Waals surface area contributed by atoms with E-state index in [1.165, 1.54) is 10.9 Å². The number of nitrogens with one attached hydrogen (secondary N) is 1. The molecule has 0 aliphatic rings. The molecule has 27 heavy (non-hydrogen) atoms. The molecule has 7 heteroatoms. The van der Waals surface area contributed by atoms with E-state index < -0.39 is 5.82 Å². The Balaban J connectivity index is 1.80. The standard InChI is InChI=1S/C20H18BrClFNO2S/c1-25-19-8-7-16(21)14(11-24-10-13-4-3-9-27-13)20(19)26-12-15-17(22)5-2-6-18(15)23/h2-9,24H,10-12H2,1H3. The minimum atomic E-state index is -0.395. The van der Waals surface area contributed by atoms with Gasteiger partial charge in [-0.3, -0.25) is 0 Å². The Morgan fingerprint density at radius 2 is 1.96 bits per heavy atom. The Morgan fingerprint density at radius 3 is 2.67 bits per heavy atom. The number of ether oxygens (including phenoxy) is 2. The van der Waals surface area contributed by atoms with Crippen molar-refractivity contribution >= 4 is 38.9 Å². The van der Waals surface area contributed by atoms with Crippen LogP contribution in [0, 0.1) is 5.82 Å². The third kappa shape index (κ3) is 5.02. The zero-order chi connectivity index (χ0) is 19.2. The largest absolute Gasteiger partial charge is 0.493 e. The summed E-state index contributed by atoms with van der Waals surface area (Å²) >= 11 is 11.4. The molecule has 3 nitrogen and oxygen atoms in total. The highest BCUT2D eigenvalue weighted by Gasteiger charge is 2.16. The van der Waals surface area contributed by atoms with Crippen molar-refractivity contribution in [3.05, 3.63) is 79.2 Å². The van der Waals surface area contributed by atoms with Crippen molar-refractivity contribution in [1.82, 2.24) is 5.32 Å². The second kappa shape index (κ2) is 9.55. The number of rotatable bonds is 8. The van der Waals surface area contributed by atoms with Gasteiger partial charge in [-0.25, -0.2) is 4.39 Å². The third-order valence-corrected chi connectivity index (χ3v) is 5.96. The van der Waals surface area contributed by atoms with E-state index in [-0.39, 0.29) is 6.61 Å². The first-order valence-corrected chi connectivity index (χ1v) is 10.3. The van der Waals surface area contributed by atoms with Crippen LogP contribution in [0.3, 0.4) is 0 Å². The van der Waals surface area contributed by atoms with Crippen LogP contribution in [0.25, 0.3) is 0 Å². The molecule has 0 saturated heterocycles. The molecule has 1 heterocycles. The summed E-state index contributed by atoms with van der Waals surface area (Å²) in [6.07, 6.45) is 0. The second-order valence-electron chi connectivity index (χ2n) is 5.73. The number of benzene rings is 2. The Labute approximate surface area is 175 Å². The van der Waals surface area contributed by atoms with Crippen molar-refractivity contribution in [1.29, 1.82) is 0 Å². The van der Waals surface area contributed by atoms with Crippen molar-refractivity contribution in [2.24, 2.45) is 0 Å². The molecule has 0 aliphatic heterocycles. The zero-order valence-electron chi connectivity index (χ0n) is 14.6. The molecule has 1 N–H and O–H groups in total. The normalized spacial score (nSPS) is 10.8. The van der Waals surface area contributed by atoms with Crippen molar-refractivity contribution in [2.75, 3.05) is 7.11 Å². The molecule has 3 aromatic rings. The maximum Gasteiger partial charge on any atom is 0.167 e. The van der Waals surface area contributed by atoms with Crippen LogP contribution in [0.2, 0.25) is 5.02 Å². The van der Waals surface area contributed by atoms with E-state index >= 15 is 0 Å². The molecule has 0 radical (unpaired) electrons. The predicted octanol–water partition coefficient (Wildman–Crippen LogP) is 6.18. The van der Waals surface area contributed by atoms with Crippen LogP contribution in [-0.2, 0) is 19.7 Å². The first-order chi connectivity index (χ1) is 13.1. The average molecular weight is 471 g/mol. The molecule has 0 fully saturated rings. The molecule has 2 aromatic carbocycles. The molecular formula is C20H18BrClFNO2S. The summed E-state index contributed by atoms with van der Waals surface area (Å²) in [7, 11) is 1.58. The van der Waals surface area contributed by atoms with E-state index in [0.29, 0.717) is 28.6 Å². The van der Waals surface area contributed by atoms with Crippen molar-refractivity contribution in [3.63, 3.8) is 0 Å². The van der Waals surface area contributed by atoms with E-state index in [9.17, 15) is 4.39 Å². The lowest BCUT2D eigenvalue weighted by molar-refractivity contribution is 0.276. The van der Waals surface area contributed by atoms with Gasteiger partial charge in [0.15, 0.2) is 11.5 Å². The summed E-state index contributed by atoms with van der Waals surface area (Å²) in [4.78, 5) is 1.25. The van der Waals surface area contributed by atoms with E-state index in [4.69, 9.17) is 21.1 Å². The highest BCUT2D eigenvalue weighted by molar-refractivity contribution is 9.10.